The molecule has 2 bridgehead atoms. The van der Waals surface area contributed by atoms with E-state index in [1.54, 1.807) is 5.57 Å². The molecule has 1 saturated heterocycles. The Morgan fingerprint density at radius 1 is 1.16 bits per heavy atom. The van der Waals surface area contributed by atoms with Crippen LogP contribution in [-0.2, 0) is 0 Å². The summed E-state index contributed by atoms with van der Waals surface area (Å²) in [5, 5.41) is 1.39. The van der Waals surface area contributed by atoms with E-state index in [4.69, 9.17) is 0 Å². The Hall–Kier alpha value is -1.70. The highest BCUT2D eigenvalue weighted by Crippen LogP contribution is 2.41. The zero-order valence-corrected chi connectivity index (χ0v) is 11.7. The number of benzene rings is 1. The lowest BCUT2D eigenvalue weighted by molar-refractivity contribution is 0.252. The lowest BCUT2D eigenvalue weighted by Crippen LogP contribution is -2.35. The topological polar surface area (TPSA) is 19.0 Å². The quantitative estimate of drug-likeness (QED) is 0.816. The van der Waals surface area contributed by atoms with Gasteiger partial charge in [0.15, 0.2) is 0 Å². The SMILES string of the molecule is Cc1ccc2c(C3=CN4CCC3CC4)c(C)[nH]c2c1. The van der Waals surface area contributed by atoms with Gasteiger partial charge in [-0.15, -0.1) is 0 Å². The molecule has 0 aliphatic carbocycles. The summed E-state index contributed by atoms with van der Waals surface area (Å²) < 4.78 is 0. The molecule has 0 spiro atoms. The van der Waals surface area contributed by atoms with Crippen LogP contribution < -0.4 is 0 Å². The molecule has 0 unspecified atom stereocenters. The maximum absolute atomic E-state index is 3.57. The molecule has 98 valence electrons. The molecule has 19 heavy (non-hydrogen) atoms. The molecule has 2 nitrogen and oxygen atoms in total. The molecule has 3 aliphatic heterocycles. The fourth-order valence-corrected chi connectivity index (χ4v) is 3.73. The van der Waals surface area contributed by atoms with Crippen LogP contribution >= 0.6 is 0 Å². The summed E-state index contributed by atoms with van der Waals surface area (Å²) in [5.74, 6) is 0.768. The molecule has 2 aromatic rings. The van der Waals surface area contributed by atoms with Crippen LogP contribution in [0.5, 0.6) is 0 Å². The minimum Gasteiger partial charge on any atom is -0.377 e. The van der Waals surface area contributed by atoms with E-state index in [0.717, 1.165) is 5.92 Å². The molecule has 1 N–H and O–H groups in total. The van der Waals surface area contributed by atoms with E-state index in [-0.39, 0.29) is 0 Å². The number of fused-ring (bicyclic) bond motifs is 3. The van der Waals surface area contributed by atoms with Crippen LogP contribution in [-0.4, -0.2) is 23.0 Å². The fraction of sp³-hybridized carbons (Fsp3) is 0.412. The first-order valence-corrected chi connectivity index (χ1v) is 7.27. The van der Waals surface area contributed by atoms with Crippen LogP contribution in [0, 0.1) is 19.8 Å². The number of aryl methyl sites for hydroxylation is 2. The summed E-state index contributed by atoms with van der Waals surface area (Å²) in [5.41, 5.74) is 6.95. The number of hydrogen-bond donors (Lipinski definition) is 1. The number of rotatable bonds is 1. The Kier molecular flexibility index (Phi) is 2.29. The molecular formula is C17H20N2. The highest BCUT2D eigenvalue weighted by Gasteiger charge is 2.29. The van der Waals surface area contributed by atoms with Gasteiger partial charge in [0.25, 0.3) is 0 Å². The monoisotopic (exact) mass is 252 g/mol. The first-order valence-electron chi connectivity index (χ1n) is 7.27. The van der Waals surface area contributed by atoms with E-state index in [9.17, 15) is 0 Å². The van der Waals surface area contributed by atoms with Gasteiger partial charge in [0.1, 0.15) is 0 Å². The van der Waals surface area contributed by atoms with Gasteiger partial charge in [-0.05, 0) is 49.8 Å². The number of nitrogens with zero attached hydrogens (tertiary/aromatic N) is 1. The summed E-state index contributed by atoms with van der Waals surface area (Å²) in [7, 11) is 0. The second-order valence-corrected chi connectivity index (χ2v) is 6.07. The lowest BCUT2D eigenvalue weighted by Gasteiger charge is -2.39. The highest BCUT2D eigenvalue weighted by molar-refractivity contribution is 5.95. The van der Waals surface area contributed by atoms with Crippen molar-refractivity contribution in [1.82, 2.24) is 9.88 Å². The summed E-state index contributed by atoms with van der Waals surface area (Å²) in [6, 6.07) is 6.76. The molecule has 3 aliphatic rings. The van der Waals surface area contributed by atoms with Gasteiger partial charge in [0.05, 0.1) is 0 Å². The Morgan fingerprint density at radius 3 is 2.63 bits per heavy atom. The third-order valence-electron chi connectivity index (χ3n) is 4.72. The number of allylic oxidation sites excluding steroid dienone is 1. The maximum atomic E-state index is 3.57. The number of nitrogens with one attached hydrogen (secondary N) is 1. The first kappa shape index (κ1) is 11.2. The van der Waals surface area contributed by atoms with Crippen LogP contribution in [0.3, 0.4) is 0 Å². The number of aromatic nitrogens is 1. The van der Waals surface area contributed by atoms with Gasteiger partial charge in [-0.3, -0.25) is 0 Å². The molecule has 0 amide bonds. The number of aromatic amines is 1. The van der Waals surface area contributed by atoms with Gasteiger partial charge in [-0.1, -0.05) is 12.1 Å². The Bertz CT molecular complexity index is 670. The summed E-state index contributed by atoms with van der Waals surface area (Å²) in [4.78, 5) is 6.05. The van der Waals surface area contributed by atoms with Gasteiger partial charge < -0.3 is 9.88 Å². The van der Waals surface area contributed by atoms with E-state index >= 15 is 0 Å². The van der Waals surface area contributed by atoms with Crippen molar-refractivity contribution in [2.24, 2.45) is 5.92 Å². The average molecular weight is 252 g/mol. The Balaban J connectivity index is 1.94. The zero-order valence-electron chi connectivity index (χ0n) is 11.7. The van der Waals surface area contributed by atoms with Crippen molar-refractivity contribution >= 4 is 16.5 Å². The fourth-order valence-electron chi connectivity index (χ4n) is 3.73. The van der Waals surface area contributed by atoms with E-state index in [1.807, 2.05) is 0 Å². The summed E-state index contributed by atoms with van der Waals surface area (Å²) in [6.07, 6.45) is 5.06. The van der Waals surface area contributed by atoms with Gasteiger partial charge >= 0.3 is 0 Å². The average Bonchev–Trinajstić information content (AvgIpc) is 2.75. The largest absolute Gasteiger partial charge is 0.377 e. The van der Waals surface area contributed by atoms with Crippen LogP contribution in [0.2, 0.25) is 0 Å². The number of piperidine rings is 1. The van der Waals surface area contributed by atoms with E-state index in [0.29, 0.717) is 0 Å². The van der Waals surface area contributed by atoms with Crippen molar-refractivity contribution in [3.05, 3.63) is 41.2 Å². The summed E-state index contributed by atoms with van der Waals surface area (Å²) >= 11 is 0. The predicted octanol–water partition coefficient (Wildman–Crippen LogP) is 3.85. The molecule has 4 heterocycles. The molecule has 0 radical (unpaired) electrons. The number of H-pyrrole nitrogens is 1. The minimum atomic E-state index is 0.768. The van der Waals surface area contributed by atoms with Crippen molar-refractivity contribution < 1.29 is 0 Å². The van der Waals surface area contributed by atoms with Crippen LogP contribution in [0.25, 0.3) is 16.5 Å². The molecule has 1 fully saturated rings. The van der Waals surface area contributed by atoms with Gasteiger partial charge in [0, 0.05) is 41.4 Å². The van der Waals surface area contributed by atoms with Crippen molar-refractivity contribution in [1.29, 1.82) is 0 Å². The normalized spacial score (nSPS) is 19.3. The predicted molar refractivity (Wildman–Crippen MR) is 80.0 cm³/mol. The van der Waals surface area contributed by atoms with Crippen LogP contribution in [0.1, 0.15) is 29.7 Å². The Labute approximate surface area is 114 Å². The first-order chi connectivity index (χ1) is 9.22. The standard InChI is InChI=1S/C17H20N2/c1-11-3-4-14-16(9-11)18-12(2)17(14)15-10-19-7-5-13(15)6-8-19/h3-4,9-10,13,18H,5-8H2,1-2H3. The molecule has 0 atom stereocenters. The molecule has 5 rings (SSSR count). The smallest absolute Gasteiger partial charge is 0.0465 e. The van der Waals surface area contributed by atoms with Gasteiger partial charge in [-0.2, -0.15) is 0 Å². The van der Waals surface area contributed by atoms with Crippen molar-refractivity contribution in [3.8, 4) is 0 Å². The van der Waals surface area contributed by atoms with Gasteiger partial charge in [0.2, 0.25) is 0 Å². The van der Waals surface area contributed by atoms with E-state index < -0.39 is 0 Å². The second-order valence-electron chi connectivity index (χ2n) is 6.07. The van der Waals surface area contributed by atoms with Crippen LogP contribution in [0.15, 0.2) is 24.4 Å². The molecule has 1 aromatic carbocycles. The van der Waals surface area contributed by atoms with E-state index in [2.05, 4.69) is 48.1 Å². The number of hydrogen-bond acceptors (Lipinski definition) is 1. The Morgan fingerprint density at radius 2 is 1.95 bits per heavy atom. The van der Waals surface area contributed by atoms with Crippen molar-refractivity contribution in [3.63, 3.8) is 0 Å². The van der Waals surface area contributed by atoms with Crippen LogP contribution in [0.4, 0.5) is 0 Å². The second kappa shape index (κ2) is 3.89. The molecule has 0 saturated carbocycles. The highest BCUT2D eigenvalue weighted by atomic mass is 15.1. The molecule has 1 aromatic heterocycles. The van der Waals surface area contributed by atoms with Crippen molar-refractivity contribution in [2.45, 2.75) is 26.7 Å². The zero-order chi connectivity index (χ0) is 13.0. The third-order valence-corrected chi connectivity index (χ3v) is 4.72. The maximum Gasteiger partial charge on any atom is 0.0465 e. The lowest BCUT2D eigenvalue weighted by atomic mass is 9.81. The van der Waals surface area contributed by atoms with Gasteiger partial charge in [-0.25, -0.2) is 0 Å². The molecular weight excluding hydrogens is 232 g/mol. The third kappa shape index (κ3) is 1.62. The summed E-state index contributed by atoms with van der Waals surface area (Å²) in [6.45, 7) is 6.86. The minimum absolute atomic E-state index is 0.768. The van der Waals surface area contributed by atoms with E-state index in [1.165, 1.54) is 53.7 Å². The molecule has 2 heteroatoms. The van der Waals surface area contributed by atoms with Crippen molar-refractivity contribution in [2.75, 3.05) is 13.1 Å².